The number of hydrogen-bond acceptors (Lipinski definition) is 4. The number of halogens is 5. The van der Waals surface area contributed by atoms with Crippen LogP contribution in [0.5, 0.6) is 0 Å². The summed E-state index contributed by atoms with van der Waals surface area (Å²) in [5.41, 5.74) is -0.679. The molecule has 0 aliphatic rings. The maximum absolute atomic E-state index is 13.1. The summed E-state index contributed by atoms with van der Waals surface area (Å²) >= 11 is 3.15. The van der Waals surface area contributed by atoms with Gasteiger partial charge in [-0.2, -0.15) is 18.2 Å². The molecule has 0 saturated heterocycles. The molecule has 4 nitrogen and oxygen atoms in total. The van der Waals surface area contributed by atoms with E-state index in [9.17, 15) is 17.6 Å². The normalized spacial score (nSPS) is 12.8. The van der Waals surface area contributed by atoms with Crippen molar-refractivity contribution >= 4 is 33.4 Å². The fraction of sp³-hybridized carbons (Fsp3) is 0.333. The Morgan fingerprint density at radius 1 is 1.21 bits per heavy atom. The Labute approximate surface area is 144 Å². The molecule has 0 radical (unpaired) electrons. The molecule has 2 aromatic rings. The Morgan fingerprint density at radius 2 is 1.92 bits per heavy atom. The Hall–Kier alpha value is -1.90. The van der Waals surface area contributed by atoms with Gasteiger partial charge in [0.05, 0.1) is 5.69 Å². The van der Waals surface area contributed by atoms with Crippen molar-refractivity contribution in [1.29, 1.82) is 0 Å². The minimum absolute atomic E-state index is 0.0459. The van der Waals surface area contributed by atoms with Crippen molar-refractivity contribution in [3.63, 3.8) is 0 Å². The minimum atomic E-state index is -4.61. The predicted molar refractivity (Wildman–Crippen MR) is 87.8 cm³/mol. The van der Waals surface area contributed by atoms with Gasteiger partial charge in [-0.25, -0.2) is 9.37 Å². The van der Waals surface area contributed by atoms with Gasteiger partial charge in [0.15, 0.2) is 5.69 Å². The zero-order chi connectivity index (χ0) is 17.9. The standard InChI is InChI=1S/C15H15BrF4N4/c1-3-8(2)21-14-23-12(15(18,19)20)7-13(24-14)22-11-5-4-9(17)6-10(11)16/h4-8H,3H2,1-2H3,(H2,21,22,23,24)/t8-/m0/s1. The van der Waals surface area contributed by atoms with Crippen LogP contribution in [0.2, 0.25) is 0 Å². The van der Waals surface area contributed by atoms with Gasteiger partial charge in [0.25, 0.3) is 0 Å². The average Bonchev–Trinajstić information content (AvgIpc) is 2.49. The van der Waals surface area contributed by atoms with Gasteiger partial charge in [0, 0.05) is 16.6 Å². The first kappa shape index (κ1) is 18.4. The number of alkyl halides is 3. The van der Waals surface area contributed by atoms with Gasteiger partial charge in [-0.15, -0.1) is 0 Å². The van der Waals surface area contributed by atoms with E-state index in [0.29, 0.717) is 16.6 Å². The summed E-state index contributed by atoms with van der Waals surface area (Å²) in [6.07, 6.45) is -3.91. The maximum Gasteiger partial charge on any atom is 0.433 e. The van der Waals surface area contributed by atoms with E-state index in [1.165, 1.54) is 18.2 Å². The van der Waals surface area contributed by atoms with Crippen LogP contribution in [0.3, 0.4) is 0 Å². The Balaban J connectivity index is 2.38. The first-order valence-corrected chi connectivity index (χ1v) is 7.93. The molecule has 2 rings (SSSR count). The molecule has 1 aromatic heterocycles. The van der Waals surface area contributed by atoms with Gasteiger partial charge in [-0.1, -0.05) is 6.92 Å². The van der Waals surface area contributed by atoms with Crippen molar-refractivity contribution in [3.8, 4) is 0 Å². The van der Waals surface area contributed by atoms with Crippen LogP contribution in [-0.4, -0.2) is 16.0 Å². The summed E-state index contributed by atoms with van der Waals surface area (Å²) in [6, 6.07) is 4.51. The zero-order valence-corrected chi connectivity index (χ0v) is 14.5. The fourth-order valence-corrected chi connectivity index (χ4v) is 2.22. The van der Waals surface area contributed by atoms with Crippen LogP contribution < -0.4 is 10.6 Å². The van der Waals surface area contributed by atoms with Crippen molar-refractivity contribution in [2.75, 3.05) is 10.6 Å². The van der Waals surface area contributed by atoms with Crippen LogP contribution in [0.25, 0.3) is 0 Å². The fourth-order valence-electron chi connectivity index (χ4n) is 1.77. The van der Waals surface area contributed by atoms with E-state index >= 15 is 0 Å². The molecule has 0 amide bonds. The van der Waals surface area contributed by atoms with Crippen LogP contribution in [-0.2, 0) is 6.18 Å². The molecular weight excluding hydrogens is 392 g/mol. The summed E-state index contributed by atoms with van der Waals surface area (Å²) in [5, 5.41) is 5.56. The number of rotatable bonds is 5. The molecule has 0 aliphatic heterocycles. The summed E-state index contributed by atoms with van der Waals surface area (Å²) in [7, 11) is 0. The van der Waals surface area contributed by atoms with E-state index in [1.807, 2.05) is 13.8 Å². The largest absolute Gasteiger partial charge is 0.433 e. The highest BCUT2D eigenvalue weighted by atomic mass is 79.9. The van der Waals surface area contributed by atoms with Gasteiger partial charge < -0.3 is 10.6 Å². The van der Waals surface area contributed by atoms with Crippen molar-refractivity contribution < 1.29 is 17.6 Å². The van der Waals surface area contributed by atoms with E-state index in [1.54, 1.807) is 0 Å². The van der Waals surface area contributed by atoms with E-state index in [-0.39, 0.29) is 17.8 Å². The second-order valence-electron chi connectivity index (χ2n) is 5.16. The average molecular weight is 407 g/mol. The molecule has 2 N–H and O–H groups in total. The third-order valence-electron chi connectivity index (χ3n) is 3.20. The second-order valence-corrected chi connectivity index (χ2v) is 6.02. The molecule has 24 heavy (non-hydrogen) atoms. The van der Waals surface area contributed by atoms with Crippen LogP contribution in [0.15, 0.2) is 28.7 Å². The number of nitrogens with one attached hydrogen (secondary N) is 2. The molecule has 0 aliphatic carbocycles. The molecule has 0 spiro atoms. The molecule has 130 valence electrons. The topological polar surface area (TPSA) is 49.8 Å². The van der Waals surface area contributed by atoms with Gasteiger partial charge in [0.2, 0.25) is 5.95 Å². The van der Waals surface area contributed by atoms with Crippen molar-refractivity contribution in [3.05, 3.63) is 40.2 Å². The Kier molecular flexibility index (Phi) is 5.63. The minimum Gasteiger partial charge on any atom is -0.352 e. The quantitative estimate of drug-likeness (QED) is 0.656. The number of aromatic nitrogens is 2. The smallest absolute Gasteiger partial charge is 0.352 e. The van der Waals surface area contributed by atoms with Crippen molar-refractivity contribution in [1.82, 2.24) is 9.97 Å². The lowest BCUT2D eigenvalue weighted by Gasteiger charge is -2.16. The van der Waals surface area contributed by atoms with Crippen LogP contribution in [0.4, 0.5) is 35.0 Å². The lowest BCUT2D eigenvalue weighted by Crippen LogP contribution is -2.18. The highest BCUT2D eigenvalue weighted by Gasteiger charge is 2.34. The molecule has 9 heteroatoms. The summed E-state index contributed by atoms with van der Waals surface area (Å²) in [6.45, 7) is 3.70. The van der Waals surface area contributed by atoms with Crippen molar-refractivity contribution in [2.24, 2.45) is 0 Å². The van der Waals surface area contributed by atoms with E-state index in [2.05, 4.69) is 36.5 Å². The third kappa shape index (κ3) is 4.80. The highest BCUT2D eigenvalue weighted by molar-refractivity contribution is 9.10. The van der Waals surface area contributed by atoms with Gasteiger partial charge >= 0.3 is 6.18 Å². The molecular formula is C15H15BrF4N4. The van der Waals surface area contributed by atoms with E-state index in [4.69, 9.17) is 0 Å². The number of hydrogen-bond donors (Lipinski definition) is 2. The van der Waals surface area contributed by atoms with E-state index < -0.39 is 17.7 Å². The number of nitrogens with zero attached hydrogens (tertiary/aromatic N) is 2. The van der Waals surface area contributed by atoms with Gasteiger partial charge in [0.1, 0.15) is 11.6 Å². The molecule has 1 heterocycles. The van der Waals surface area contributed by atoms with Crippen LogP contribution in [0, 0.1) is 5.82 Å². The molecule has 1 atom stereocenters. The summed E-state index contributed by atoms with van der Waals surface area (Å²) < 4.78 is 52.6. The number of benzene rings is 1. The molecule has 0 saturated carbocycles. The first-order chi connectivity index (χ1) is 11.2. The highest BCUT2D eigenvalue weighted by Crippen LogP contribution is 2.32. The first-order valence-electron chi connectivity index (χ1n) is 7.14. The lowest BCUT2D eigenvalue weighted by molar-refractivity contribution is -0.141. The Bertz CT molecular complexity index is 721. The summed E-state index contributed by atoms with van der Waals surface area (Å²) in [5.74, 6) is -0.638. The van der Waals surface area contributed by atoms with E-state index in [0.717, 1.165) is 6.07 Å². The number of anilines is 3. The predicted octanol–water partition coefficient (Wildman–Crippen LogP) is 5.35. The maximum atomic E-state index is 13.1. The lowest BCUT2D eigenvalue weighted by atomic mass is 10.3. The van der Waals surface area contributed by atoms with Crippen molar-refractivity contribution in [2.45, 2.75) is 32.5 Å². The molecule has 0 unspecified atom stereocenters. The van der Waals surface area contributed by atoms with Gasteiger partial charge in [-0.3, -0.25) is 0 Å². The van der Waals surface area contributed by atoms with Crippen LogP contribution in [0.1, 0.15) is 26.0 Å². The SMILES string of the molecule is CC[C@H](C)Nc1nc(Nc2ccc(F)cc2Br)cc(C(F)(F)F)n1. The van der Waals surface area contributed by atoms with Gasteiger partial charge in [-0.05, 0) is 47.5 Å². The molecule has 0 bridgehead atoms. The second kappa shape index (κ2) is 7.33. The molecule has 1 aromatic carbocycles. The monoisotopic (exact) mass is 406 g/mol. The Morgan fingerprint density at radius 3 is 2.50 bits per heavy atom. The third-order valence-corrected chi connectivity index (χ3v) is 3.85. The summed E-state index contributed by atoms with van der Waals surface area (Å²) in [4.78, 5) is 7.56. The van der Waals surface area contributed by atoms with Crippen LogP contribution >= 0.6 is 15.9 Å². The molecule has 0 fully saturated rings. The zero-order valence-electron chi connectivity index (χ0n) is 12.9.